The molecule has 1 aromatic heterocycles. The summed E-state index contributed by atoms with van der Waals surface area (Å²) in [5, 5.41) is 6.92. The fraction of sp³-hybridized carbons (Fsp3) is 0.545. The van der Waals surface area contributed by atoms with Crippen LogP contribution in [0.2, 0.25) is 0 Å². The SMILES string of the molecule is C[C@H](N[C@H]1CCNC1)c1ccccn1. The molecule has 2 atom stereocenters. The molecular weight excluding hydrogens is 174 g/mol. The van der Waals surface area contributed by atoms with Crippen molar-refractivity contribution >= 4 is 0 Å². The number of rotatable bonds is 3. The van der Waals surface area contributed by atoms with Crippen LogP contribution in [0.4, 0.5) is 0 Å². The summed E-state index contributed by atoms with van der Waals surface area (Å²) in [7, 11) is 0. The summed E-state index contributed by atoms with van der Waals surface area (Å²) in [6.07, 6.45) is 3.07. The van der Waals surface area contributed by atoms with Gasteiger partial charge in [0.25, 0.3) is 0 Å². The first-order valence-corrected chi connectivity index (χ1v) is 5.24. The van der Waals surface area contributed by atoms with Crippen molar-refractivity contribution in [3.63, 3.8) is 0 Å². The number of aromatic nitrogens is 1. The number of pyridine rings is 1. The molecule has 3 heteroatoms. The number of nitrogens with zero attached hydrogens (tertiary/aromatic N) is 1. The van der Waals surface area contributed by atoms with Gasteiger partial charge < -0.3 is 10.6 Å². The minimum atomic E-state index is 0.348. The lowest BCUT2D eigenvalue weighted by molar-refractivity contribution is 0.471. The van der Waals surface area contributed by atoms with Gasteiger partial charge in [-0.1, -0.05) is 6.07 Å². The Balaban J connectivity index is 1.92. The number of nitrogens with one attached hydrogen (secondary N) is 2. The minimum absolute atomic E-state index is 0.348. The summed E-state index contributed by atoms with van der Waals surface area (Å²) in [4.78, 5) is 4.34. The van der Waals surface area contributed by atoms with Crippen molar-refractivity contribution in [3.8, 4) is 0 Å². The molecule has 1 aliphatic heterocycles. The van der Waals surface area contributed by atoms with Crippen molar-refractivity contribution in [2.75, 3.05) is 13.1 Å². The fourth-order valence-electron chi connectivity index (χ4n) is 1.87. The van der Waals surface area contributed by atoms with Crippen LogP contribution in [0.5, 0.6) is 0 Å². The highest BCUT2D eigenvalue weighted by Gasteiger charge is 2.17. The average molecular weight is 191 g/mol. The Morgan fingerprint density at radius 1 is 1.57 bits per heavy atom. The summed E-state index contributed by atoms with van der Waals surface area (Å²) in [6.45, 7) is 4.38. The van der Waals surface area contributed by atoms with Crippen LogP contribution in [-0.4, -0.2) is 24.1 Å². The molecule has 0 unspecified atom stereocenters. The maximum Gasteiger partial charge on any atom is 0.0570 e. The largest absolute Gasteiger partial charge is 0.315 e. The topological polar surface area (TPSA) is 37.0 Å². The molecule has 3 nitrogen and oxygen atoms in total. The first kappa shape index (κ1) is 9.62. The van der Waals surface area contributed by atoms with Crippen molar-refractivity contribution in [1.82, 2.24) is 15.6 Å². The standard InChI is InChI=1S/C11H17N3/c1-9(11-4-2-3-6-13-11)14-10-5-7-12-8-10/h2-4,6,9-10,12,14H,5,7-8H2,1H3/t9-,10-/m0/s1. The summed E-state index contributed by atoms with van der Waals surface area (Å²) >= 11 is 0. The van der Waals surface area contributed by atoms with Gasteiger partial charge in [-0.25, -0.2) is 0 Å². The summed E-state index contributed by atoms with van der Waals surface area (Å²) in [5.41, 5.74) is 1.12. The average Bonchev–Trinajstić information content (AvgIpc) is 2.72. The van der Waals surface area contributed by atoms with E-state index in [9.17, 15) is 0 Å². The van der Waals surface area contributed by atoms with Crippen LogP contribution >= 0.6 is 0 Å². The Morgan fingerprint density at radius 2 is 2.50 bits per heavy atom. The summed E-state index contributed by atoms with van der Waals surface area (Å²) in [6, 6.07) is 7.01. The van der Waals surface area contributed by atoms with E-state index in [1.54, 1.807) is 0 Å². The van der Waals surface area contributed by atoms with Crippen molar-refractivity contribution in [2.24, 2.45) is 0 Å². The van der Waals surface area contributed by atoms with E-state index in [0.717, 1.165) is 18.8 Å². The van der Waals surface area contributed by atoms with E-state index in [0.29, 0.717) is 12.1 Å². The third kappa shape index (κ3) is 2.30. The van der Waals surface area contributed by atoms with Gasteiger partial charge in [0, 0.05) is 24.8 Å². The Kier molecular flexibility index (Phi) is 3.11. The molecule has 2 heterocycles. The lowest BCUT2D eigenvalue weighted by Gasteiger charge is -2.17. The molecule has 1 aliphatic rings. The predicted octanol–water partition coefficient (Wildman–Crippen LogP) is 1.09. The van der Waals surface area contributed by atoms with Gasteiger partial charge in [0.2, 0.25) is 0 Å². The zero-order valence-corrected chi connectivity index (χ0v) is 8.53. The van der Waals surface area contributed by atoms with Crippen LogP contribution in [0, 0.1) is 0 Å². The monoisotopic (exact) mass is 191 g/mol. The van der Waals surface area contributed by atoms with Crippen molar-refractivity contribution < 1.29 is 0 Å². The van der Waals surface area contributed by atoms with Gasteiger partial charge in [-0.2, -0.15) is 0 Å². The van der Waals surface area contributed by atoms with Crippen molar-refractivity contribution in [2.45, 2.75) is 25.4 Å². The zero-order valence-electron chi connectivity index (χ0n) is 8.53. The second kappa shape index (κ2) is 4.53. The molecule has 0 aromatic carbocycles. The summed E-state index contributed by atoms with van der Waals surface area (Å²) < 4.78 is 0. The van der Waals surface area contributed by atoms with Crippen molar-refractivity contribution in [1.29, 1.82) is 0 Å². The second-order valence-corrected chi connectivity index (χ2v) is 3.83. The highest BCUT2D eigenvalue weighted by molar-refractivity contribution is 5.08. The van der Waals surface area contributed by atoms with Crippen molar-refractivity contribution in [3.05, 3.63) is 30.1 Å². The Hall–Kier alpha value is -0.930. The van der Waals surface area contributed by atoms with Crippen LogP contribution in [0.3, 0.4) is 0 Å². The van der Waals surface area contributed by atoms with Crippen LogP contribution < -0.4 is 10.6 Å². The number of hydrogen-bond donors (Lipinski definition) is 2. The van der Waals surface area contributed by atoms with Crippen LogP contribution in [-0.2, 0) is 0 Å². The Labute approximate surface area is 84.9 Å². The highest BCUT2D eigenvalue weighted by Crippen LogP contribution is 2.10. The molecule has 0 bridgehead atoms. The van der Waals surface area contributed by atoms with Gasteiger partial charge >= 0.3 is 0 Å². The molecule has 0 saturated carbocycles. The zero-order chi connectivity index (χ0) is 9.80. The van der Waals surface area contributed by atoms with Gasteiger partial charge in [-0.3, -0.25) is 4.98 Å². The van der Waals surface area contributed by atoms with Crippen LogP contribution in [0.15, 0.2) is 24.4 Å². The first-order chi connectivity index (χ1) is 6.86. The molecule has 14 heavy (non-hydrogen) atoms. The molecule has 1 aromatic rings. The number of hydrogen-bond acceptors (Lipinski definition) is 3. The second-order valence-electron chi connectivity index (χ2n) is 3.83. The normalized spacial score (nSPS) is 23.6. The van der Waals surface area contributed by atoms with E-state index >= 15 is 0 Å². The Bertz CT molecular complexity index is 267. The third-order valence-electron chi connectivity index (χ3n) is 2.68. The van der Waals surface area contributed by atoms with E-state index in [4.69, 9.17) is 0 Å². The van der Waals surface area contributed by atoms with Gasteiger partial charge in [-0.15, -0.1) is 0 Å². The molecule has 2 N–H and O–H groups in total. The minimum Gasteiger partial charge on any atom is -0.315 e. The van der Waals surface area contributed by atoms with Gasteiger partial charge in [0.05, 0.1) is 5.69 Å². The summed E-state index contributed by atoms with van der Waals surface area (Å²) in [5.74, 6) is 0. The molecular formula is C11H17N3. The molecule has 1 saturated heterocycles. The van der Waals surface area contributed by atoms with Gasteiger partial charge in [-0.05, 0) is 32.0 Å². The predicted molar refractivity (Wildman–Crippen MR) is 57.1 cm³/mol. The first-order valence-electron chi connectivity index (χ1n) is 5.24. The molecule has 0 aliphatic carbocycles. The highest BCUT2D eigenvalue weighted by atomic mass is 15.0. The van der Waals surface area contributed by atoms with E-state index in [1.807, 2.05) is 18.3 Å². The van der Waals surface area contributed by atoms with E-state index in [2.05, 4.69) is 28.6 Å². The lowest BCUT2D eigenvalue weighted by Crippen LogP contribution is -2.33. The molecule has 76 valence electrons. The maximum atomic E-state index is 4.34. The van der Waals surface area contributed by atoms with E-state index in [-0.39, 0.29) is 0 Å². The molecule has 0 radical (unpaired) electrons. The van der Waals surface area contributed by atoms with Gasteiger partial charge in [0.1, 0.15) is 0 Å². The molecule has 0 amide bonds. The van der Waals surface area contributed by atoms with E-state index in [1.165, 1.54) is 6.42 Å². The van der Waals surface area contributed by atoms with Crippen LogP contribution in [0.1, 0.15) is 25.1 Å². The Morgan fingerprint density at radius 3 is 3.14 bits per heavy atom. The van der Waals surface area contributed by atoms with Crippen LogP contribution in [0.25, 0.3) is 0 Å². The van der Waals surface area contributed by atoms with Gasteiger partial charge in [0.15, 0.2) is 0 Å². The molecule has 1 fully saturated rings. The lowest BCUT2D eigenvalue weighted by atomic mass is 10.1. The quantitative estimate of drug-likeness (QED) is 0.751. The molecule has 0 spiro atoms. The van der Waals surface area contributed by atoms with E-state index < -0.39 is 0 Å². The maximum absolute atomic E-state index is 4.34. The molecule has 2 rings (SSSR count). The smallest absolute Gasteiger partial charge is 0.0570 e. The fourth-order valence-corrected chi connectivity index (χ4v) is 1.87. The third-order valence-corrected chi connectivity index (χ3v) is 2.68.